The third-order valence-electron chi connectivity index (χ3n) is 6.89. The summed E-state index contributed by atoms with van der Waals surface area (Å²) in [7, 11) is -2.72. The zero-order chi connectivity index (χ0) is 27.4. The van der Waals surface area contributed by atoms with Gasteiger partial charge in [-0.25, -0.2) is 13.2 Å². The summed E-state index contributed by atoms with van der Waals surface area (Å²) in [5.74, 6) is 0.281. The predicted octanol–water partition coefficient (Wildman–Crippen LogP) is 2.91. The van der Waals surface area contributed by atoms with Crippen molar-refractivity contribution >= 4 is 33.0 Å². The number of nitrogens with zero attached hydrogens (tertiary/aromatic N) is 4. The Hall–Kier alpha value is -4.15. The smallest absolute Gasteiger partial charge is 0.343 e. The number of ether oxygens (including phenoxy) is 1. The van der Waals surface area contributed by atoms with Gasteiger partial charge in [0.2, 0.25) is 5.91 Å². The first-order valence-corrected chi connectivity index (χ1v) is 14.1. The van der Waals surface area contributed by atoms with E-state index in [-0.39, 0.29) is 22.9 Å². The van der Waals surface area contributed by atoms with Gasteiger partial charge < -0.3 is 9.64 Å². The Morgan fingerprint density at radius 3 is 2.18 bits per heavy atom. The van der Waals surface area contributed by atoms with Crippen LogP contribution >= 0.6 is 0 Å². The molecule has 0 N–H and O–H groups in total. The topological polar surface area (TPSA) is 93.8 Å². The lowest BCUT2D eigenvalue weighted by atomic mass is 10.2. The fourth-order valence-electron chi connectivity index (χ4n) is 4.74. The Kier molecular flexibility index (Phi) is 7.67. The minimum absolute atomic E-state index is 0.0444. The highest BCUT2D eigenvalue weighted by Gasteiger charge is 2.27. The van der Waals surface area contributed by atoms with E-state index in [2.05, 4.69) is 17.1 Å². The standard InChI is InChI=1S/C29H30N4O5S/c1-38-24-13-15-25(16-14-24)39(36,37)33-27-12-6-5-11-26(27)32(29(33)35)22-28(34)31-20-18-30(19-21-31)17-7-10-23-8-3-2-4-9-23/h2-16H,17-22H2,1H3/b10-7+. The molecule has 0 aliphatic carbocycles. The molecule has 3 aromatic carbocycles. The number of fused-ring (bicyclic) bond motifs is 1. The van der Waals surface area contributed by atoms with Crippen molar-refractivity contribution in [3.8, 4) is 5.75 Å². The van der Waals surface area contributed by atoms with Crippen molar-refractivity contribution in [3.05, 3.63) is 101 Å². The van der Waals surface area contributed by atoms with Crippen LogP contribution in [0.25, 0.3) is 17.1 Å². The molecule has 2 heterocycles. The van der Waals surface area contributed by atoms with Crippen molar-refractivity contribution in [3.63, 3.8) is 0 Å². The fraction of sp³-hybridized carbons (Fsp3) is 0.241. The molecule has 4 aromatic rings. The molecule has 5 rings (SSSR count). The number of para-hydroxylation sites is 2. The molecule has 0 radical (unpaired) electrons. The van der Waals surface area contributed by atoms with Crippen molar-refractivity contribution in [1.29, 1.82) is 0 Å². The summed E-state index contributed by atoms with van der Waals surface area (Å²) in [4.78, 5) is 30.7. The van der Waals surface area contributed by atoms with Crippen molar-refractivity contribution < 1.29 is 17.9 Å². The third-order valence-corrected chi connectivity index (χ3v) is 8.59. The summed E-state index contributed by atoms with van der Waals surface area (Å²) >= 11 is 0. The monoisotopic (exact) mass is 546 g/mol. The average molecular weight is 547 g/mol. The minimum atomic E-state index is -4.21. The summed E-state index contributed by atoms with van der Waals surface area (Å²) in [6.45, 7) is 3.05. The molecule has 1 aliphatic heterocycles. The molecule has 0 saturated carbocycles. The van der Waals surface area contributed by atoms with Crippen LogP contribution in [0.5, 0.6) is 5.75 Å². The molecule has 0 atom stereocenters. The highest BCUT2D eigenvalue weighted by Crippen LogP contribution is 2.22. The molecule has 1 aromatic heterocycles. The second-order valence-corrected chi connectivity index (χ2v) is 11.1. The quantitative estimate of drug-likeness (QED) is 0.337. The molecule has 0 unspecified atom stereocenters. The van der Waals surface area contributed by atoms with E-state index in [1.807, 2.05) is 30.3 Å². The molecule has 1 saturated heterocycles. The van der Waals surface area contributed by atoms with Crippen LogP contribution in [-0.4, -0.2) is 72.5 Å². The van der Waals surface area contributed by atoms with Gasteiger partial charge in [-0.1, -0.05) is 54.6 Å². The van der Waals surface area contributed by atoms with Gasteiger partial charge in [0.15, 0.2) is 0 Å². The number of methoxy groups -OCH3 is 1. The zero-order valence-electron chi connectivity index (χ0n) is 21.6. The van der Waals surface area contributed by atoms with Gasteiger partial charge >= 0.3 is 5.69 Å². The number of benzene rings is 3. The van der Waals surface area contributed by atoms with Crippen LogP contribution in [-0.2, 0) is 21.4 Å². The van der Waals surface area contributed by atoms with Gasteiger partial charge in [-0.2, -0.15) is 3.97 Å². The summed E-state index contributed by atoms with van der Waals surface area (Å²) in [5.41, 5.74) is 0.980. The highest BCUT2D eigenvalue weighted by molar-refractivity contribution is 7.90. The predicted molar refractivity (Wildman–Crippen MR) is 150 cm³/mol. The first kappa shape index (κ1) is 26.5. The zero-order valence-corrected chi connectivity index (χ0v) is 22.5. The van der Waals surface area contributed by atoms with Crippen LogP contribution in [0.15, 0.2) is 94.6 Å². The van der Waals surface area contributed by atoms with Crippen LogP contribution in [0.2, 0.25) is 0 Å². The molecule has 10 heteroatoms. The van der Waals surface area contributed by atoms with Gasteiger partial charge in [-0.15, -0.1) is 0 Å². The van der Waals surface area contributed by atoms with Crippen molar-refractivity contribution in [2.75, 3.05) is 39.8 Å². The number of amides is 1. The SMILES string of the molecule is COc1ccc(S(=O)(=O)n2c(=O)n(CC(=O)N3CCN(C/C=C/c4ccccc4)CC3)c3ccccc32)cc1. The number of imidazole rings is 1. The van der Waals surface area contributed by atoms with E-state index in [0.29, 0.717) is 37.4 Å². The second-order valence-electron chi connectivity index (χ2n) is 9.30. The summed E-state index contributed by atoms with van der Waals surface area (Å²) in [6, 6.07) is 22.5. The number of carbonyl (C=O) groups excluding carboxylic acids is 1. The Morgan fingerprint density at radius 2 is 1.51 bits per heavy atom. The van der Waals surface area contributed by atoms with E-state index < -0.39 is 15.7 Å². The molecule has 1 amide bonds. The van der Waals surface area contributed by atoms with E-state index in [4.69, 9.17) is 4.74 Å². The largest absolute Gasteiger partial charge is 0.497 e. The molecule has 1 fully saturated rings. The van der Waals surface area contributed by atoms with Crippen LogP contribution in [0.3, 0.4) is 0 Å². The van der Waals surface area contributed by atoms with Crippen molar-refractivity contribution in [1.82, 2.24) is 18.3 Å². The lowest BCUT2D eigenvalue weighted by Crippen LogP contribution is -2.50. The molecule has 1 aliphatic rings. The summed E-state index contributed by atoms with van der Waals surface area (Å²) in [6.07, 6.45) is 4.20. The van der Waals surface area contributed by atoms with Gasteiger partial charge in [0.1, 0.15) is 12.3 Å². The van der Waals surface area contributed by atoms with Gasteiger partial charge in [0, 0.05) is 32.7 Å². The van der Waals surface area contributed by atoms with E-state index >= 15 is 0 Å². The van der Waals surface area contributed by atoms with Gasteiger partial charge in [-0.3, -0.25) is 14.3 Å². The van der Waals surface area contributed by atoms with E-state index in [1.165, 1.54) is 35.9 Å². The molecule has 39 heavy (non-hydrogen) atoms. The molecule has 0 spiro atoms. The molecule has 9 nitrogen and oxygen atoms in total. The van der Waals surface area contributed by atoms with Crippen LogP contribution < -0.4 is 10.4 Å². The highest BCUT2D eigenvalue weighted by atomic mass is 32.2. The summed E-state index contributed by atoms with van der Waals surface area (Å²) < 4.78 is 34.1. The number of carbonyl (C=O) groups is 1. The number of hydrogen-bond acceptors (Lipinski definition) is 6. The normalized spacial score (nSPS) is 14.7. The maximum Gasteiger partial charge on any atom is 0.343 e. The Morgan fingerprint density at radius 1 is 0.872 bits per heavy atom. The first-order valence-electron chi connectivity index (χ1n) is 12.7. The maximum absolute atomic E-state index is 13.5. The van der Waals surface area contributed by atoms with Gasteiger partial charge in [0.05, 0.1) is 23.0 Å². The van der Waals surface area contributed by atoms with Crippen molar-refractivity contribution in [2.24, 2.45) is 0 Å². The van der Waals surface area contributed by atoms with Crippen LogP contribution in [0.1, 0.15) is 5.56 Å². The first-order chi connectivity index (χ1) is 18.9. The lowest BCUT2D eigenvalue weighted by molar-refractivity contribution is -0.133. The second kappa shape index (κ2) is 11.3. The molecule has 0 bridgehead atoms. The van der Waals surface area contributed by atoms with Crippen LogP contribution in [0.4, 0.5) is 0 Å². The Bertz CT molecular complexity index is 1650. The summed E-state index contributed by atoms with van der Waals surface area (Å²) in [5, 5.41) is 0. The number of aromatic nitrogens is 2. The maximum atomic E-state index is 13.5. The van der Waals surface area contributed by atoms with E-state index in [0.717, 1.165) is 16.1 Å². The average Bonchev–Trinajstić information content (AvgIpc) is 3.25. The van der Waals surface area contributed by atoms with Crippen molar-refractivity contribution in [2.45, 2.75) is 11.4 Å². The molecular weight excluding hydrogens is 516 g/mol. The van der Waals surface area contributed by atoms with Crippen LogP contribution in [0, 0.1) is 0 Å². The molecule has 202 valence electrons. The van der Waals surface area contributed by atoms with E-state index in [9.17, 15) is 18.0 Å². The van der Waals surface area contributed by atoms with Gasteiger partial charge in [0.25, 0.3) is 10.0 Å². The fourth-order valence-corrected chi connectivity index (χ4v) is 6.14. The van der Waals surface area contributed by atoms with Gasteiger partial charge in [-0.05, 0) is 42.0 Å². The molecular formula is C29H30N4O5S. The third kappa shape index (κ3) is 5.52. The Labute approximate surface area is 227 Å². The number of rotatable bonds is 8. The number of hydrogen-bond donors (Lipinski definition) is 0. The lowest BCUT2D eigenvalue weighted by Gasteiger charge is -2.34. The number of piperazine rings is 1. The van der Waals surface area contributed by atoms with E-state index in [1.54, 1.807) is 29.2 Å². The Balaban J connectivity index is 1.31. The minimum Gasteiger partial charge on any atom is -0.497 e.